The molecule has 0 bridgehead atoms. The Kier molecular flexibility index (Phi) is 4.41. The van der Waals surface area contributed by atoms with Gasteiger partial charge in [0.1, 0.15) is 5.82 Å². The third-order valence-corrected chi connectivity index (χ3v) is 5.30. The number of pyridine rings is 1. The van der Waals surface area contributed by atoms with E-state index >= 15 is 0 Å². The Morgan fingerprint density at radius 3 is 2.54 bits per heavy atom. The minimum Gasteiger partial charge on any atom is -0.346 e. The number of hydrogen-bond donors (Lipinski definition) is 1. The molecule has 1 fully saturated rings. The summed E-state index contributed by atoms with van der Waals surface area (Å²) in [5.41, 5.74) is 2.39. The molecule has 1 aliphatic rings. The molecule has 4 heteroatoms. The van der Waals surface area contributed by atoms with Crippen LogP contribution in [0.2, 0.25) is 0 Å². The van der Waals surface area contributed by atoms with Crippen LogP contribution in [-0.4, -0.2) is 10.9 Å². The lowest BCUT2D eigenvalue weighted by Crippen LogP contribution is -2.44. The van der Waals surface area contributed by atoms with Gasteiger partial charge in [0.2, 0.25) is 5.91 Å². The summed E-state index contributed by atoms with van der Waals surface area (Å²) >= 11 is 0. The van der Waals surface area contributed by atoms with Crippen molar-refractivity contribution in [2.45, 2.75) is 37.6 Å². The molecule has 1 aliphatic carbocycles. The van der Waals surface area contributed by atoms with Crippen molar-refractivity contribution in [2.75, 3.05) is 0 Å². The Morgan fingerprint density at radius 2 is 1.77 bits per heavy atom. The number of amides is 1. The highest BCUT2D eigenvalue weighted by atomic mass is 19.1. The SMILES string of the molecule is O=C(Cc1cccc2cccnc12)NC1(c2ccc(F)cc2)CCCC1. The molecule has 0 spiro atoms. The Bertz CT molecular complexity index is 925. The zero-order valence-electron chi connectivity index (χ0n) is 14.5. The van der Waals surface area contributed by atoms with E-state index in [0.717, 1.165) is 47.7 Å². The molecule has 2 aromatic carbocycles. The maximum Gasteiger partial charge on any atom is 0.225 e. The quantitative estimate of drug-likeness (QED) is 0.754. The third-order valence-electron chi connectivity index (χ3n) is 5.30. The molecule has 0 radical (unpaired) electrons. The Labute approximate surface area is 152 Å². The monoisotopic (exact) mass is 348 g/mol. The molecule has 1 aromatic heterocycles. The van der Waals surface area contributed by atoms with Crippen molar-refractivity contribution >= 4 is 16.8 Å². The van der Waals surface area contributed by atoms with E-state index in [1.807, 2.05) is 30.3 Å². The third kappa shape index (κ3) is 3.19. The minimum atomic E-state index is -0.386. The van der Waals surface area contributed by atoms with E-state index in [0.29, 0.717) is 0 Å². The number of hydrogen-bond acceptors (Lipinski definition) is 2. The fourth-order valence-electron chi connectivity index (χ4n) is 4.03. The van der Waals surface area contributed by atoms with Crippen LogP contribution in [0.1, 0.15) is 36.8 Å². The summed E-state index contributed by atoms with van der Waals surface area (Å²) in [6.07, 6.45) is 5.94. The first kappa shape index (κ1) is 16.7. The lowest BCUT2D eigenvalue weighted by Gasteiger charge is -2.31. The predicted octanol–water partition coefficient (Wildman–Crippen LogP) is 4.50. The summed E-state index contributed by atoms with van der Waals surface area (Å²) in [4.78, 5) is 17.3. The second-order valence-corrected chi connectivity index (χ2v) is 7.01. The molecule has 0 saturated heterocycles. The summed E-state index contributed by atoms with van der Waals surface area (Å²) in [5, 5.41) is 4.29. The van der Waals surface area contributed by atoms with Gasteiger partial charge in [-0.25, -0.2) is 4.39 Å². The van der Waals surface area contributed by atoms with Crippen LogP contribution >= 0.6 is 0 Å². The molecule has 3 aromatic rings. The molecule has 1 amide bonds. The molecule has 0 atom stereocenters. The highest BCUT2D eigenvalue weighted by Gasteiger charge is 2.37. The van der Waals surface area contributed by atoms with E-state index in [1.165, 1.54) is 12.1 Å². The number of carbonyl (C=O) groups excluding carboxylic acids is 1. The fraction of sp³-hybridized carbons (Fsp3) is 0.273. The molecule has 0 aliphatic heterocycles. The van der Waals surface area contributed by atoms with Gasteiger partial charge in [0, 0.05) is 11.6 Å². The number of para-hydroxylation sites is 1. The molecule has 3 nitrogen and oxygen atoms in total. The van der Waals surface area contributed by atoms with Gasteiger partial charge in [0.15, 0.2) is 0 Å². The molecule has 0 unspecified atom stereocenters. The van der Waals surface area contributed by atoms with Gasteiger partial charge >= 0.3 is 0 Å². The number of halogens is 1. The van der Waals surface area contributed by atoms with Gasteiger partial charge in [-0.1, -0.05) is 49.2 Å². The maximum atomic E-state index is 13.3. The van der Waals surface area contributed by atoms with Crippen molar-refractivity contribution in [1.29, 1.82) is 0 Å². The molecule has 1 heterocycles. The topological polar surface area (TPSA) is 42.0 Å². The average Bonchev–Trinajstić information content (AvgIpc) is 3.12. The van der Waals surface area contributed by atoms with Gasteiger partial charge in [0.05, 0.1) is 17.5 Å². The number of benzene rings is 2. The second-order valence-electron chi connectivity index (χ2n) is 7.01. The molecular weight excluding hydrogens is 327 g/mol. The molecule has 4 rings (SSSR count). The van der Waals surface area contributed by atoms with Crippen molar-refractivity contribution in [3.63, 3.8) is 0 Å². The lowest BCUT2D eigenvalue weighted by molar-refractivity contribution is -0.122. The van der Waals surface area contributed by atoms with Crippen LogP contribution in [0.15, 0.2) is 60.8 Å². The number of nitrogens with one attached hydrogen (secondary N) is 1. The fourth-order valence-corrected chi connectivity index (χ4v) is 4.03. The van der Waals surface area contributed by atoms with Crippen LogP contribution in [0.3, 0.4) is 0 Å². The number of nitrogens with zero attached hydrogens (tertiary/aromatic N) is 1. The largest absolute Gasteiger partial charge is 0.346 e. The van der Waals surface area contributed by atoms with E-state index in [9.17, 15) is 9.18 Å². The van der Waals surface area contributed by atoms with Crippen molar-refractivity contribution in [2.24, 2.45) is 0 Å². The first-order chi connectivity index (χ1) is 12.7. The van der Waals surface area contributed by atoms with Gasteiger partial charge in [0.25, 0.3) is 0 Å². The first-order valence-corrected chi connectivity index (χ1v) is 9.06. The maximum absolute atomic E-state index is 13.3. The number of fused-ring (bicyclic) bond motifs is 1. The second kappa shape index (κ2) is 6.87. The van der Waals surface area contributed by atoms with Crippen LogP contribution in [0.4, 0.5) is 4.39 Å². The van der Waals surface area contributed by atoms with Crippen molar-refractivity contribution in [1.82, 2.24) is 10.3 Å². The van der Waals surface area contributed by atoms with E-state index in [1.54, 1.807) is 18.3 Å². The summed E-state index contributed by atoms with van der Waals surface area (Å²) in [7, 11) is 0. The number of rotatable bonds is 4. The van der Waals surface area contributed by atoms with Crippen molar-refractivity contribution < 1.29 is 9.18 Å². The van der Waals surface area contributed by atoms with E-state index in [2.05, 4.69) is 10.3 Å². The van der Waals surface area contributed by atoms with E-state index < -0.39 is 0 Å². The summed E-state index contributed by atoms with van der Waals surface area (Å²) in [6, 6.07) is 16.3. The lowest BCUT2D eigenvalue weighted by atomic mass is 9.87. The number of carbonyl (C=O) groups is 1. The number of aromatic nitrogens is 1. The van der Waals surface area contributed by atoms with Crippen LogP contribution in [0.5, 0.6) is 0 Å². The zero-order valence-corrected chi connectivity index (χ0v) is 14.5. The summed E-state index contributed by atoms with van der Waals surface area (Å²) in [6.45, 7) is 0. The molecule has 1 saturated carbocycles. The van der Waals surface area contributed by atoms with Gasteiger partial charge in [-0.2, -0.15) is 0 Å². The van der Waals surface area contributed by atoms with Crippen LogP contribution in [0, 0.1) is 5.82 Å². The van der Waals surface area contributed by atoms with Gasteiger partial charge in [-0.05, 0) is 42.2 Å². The van der Waals surface area contributed by atoms with E-state index in [4.69, 9.17) is 0 Å². The minimum absolute atomic E-state index is 0.0191. The smallest absolute Gasteiger partial charge is 0.225 e. The van der Waals surface area contributed by atoms with Gasteiger partial charge < -0.3 is 5.32 Å². The molecular formula is C22H21FN2O. The molecule has 132 valence electrons. The Balaban J connectivity index is 1.58. The molecule has 1 N–H and O–H groups in total. The van der Waals surface area contributed by atoms with Crippen molar-refractivity contribution in [3.05, 3.63) is 77.7 Å². The first-order valence-electron chi connectivity index (χ1n) is 9.06. The van der Waals surface area contributed by atoms with Crippen LogP contribution < -0.4 is 5.32 Å². The predicted molar refractivity (Wildman–Crippen MR) is 100 cm³/mol. The normalized spacial score (nSPS) is 15.9. The van der Waals surface area contributed by atoms with Gasteiger partial charge in [-0.15, -0.1) is 0 Å². The van der Waals surface area contributed by atoms with E-state index in [-0.39, 0.29) is 23.7 Å². The summed E-state index contributed by atoms with van der Waals surface area (Å²) in [5.74, 6) is -0.274. The standard InChI is InChI=1S/C22H21FN2O/c23-19-10-8-18(9-11-19)22(12-1-2-13-22)25-20(26)15-17-6-3-5-16-7-4-14-24-21(16)17/h3-11,14H,1-2,12-13,15H2,(H,25,26). The molecule has 26 heavy (non-hydrogen) atoms. The van der Waals surface area contributed by atoms with Gasteiger partial charge in [-0.3, -0.25) is 9.78 Å². The zero-order chi connectivity index (χ0) is 18.0. The van der Waals surface area contributed by atoms with Crippen LogP contribution in [0.25, 0.3) is 10.9 Å². The summed E-state index contributed by atoms with van der Waals surface area (Å²) < 4.78 is 13.3. The van der Waals surface area contributed by atoms with Crippen molar-refractivity contribution in [3.8, 4) is 0 Å². The Hall–Kier alpha value is -2.75. The van der Waals surface area contributed by atoms with Crippen LogP contribution in [-0.2, 0) is 16.8 Å². The Morgan fingerprint density at radius 1 is 1.04 bits per heavy atom. The average molecular weight is 348 g/mol. The highest BCUT2D eigenvalue weighted by Crippen LogP contribution is 2.39. The highest BCUT2D eigenvalue weighted by molar-refractivity contribution is 5.87.